The molecule has 3 aliphatic carbocycles. The van der Waals surface area contributed by atoms with Crippen molar-refractivity contribution < 1.29 is 14.6 Å². The van der Waals surface area contributed by atoms with Crippen LogP contribution >= 0.6 is 0 Å². The average Bonchev–Trinajstić information content (AvgIpc) is 3.10. The van der Waals surface area contributed by atoms with Crippen molar-refractivity contribution in [1.82, 2.24) is 0 Å². The zero-order valence-corrected chi connectivity index (χ0v) is 27.5. The summed E-state index contributed by atoms with van der Waals surface area (Å²) >= 11 is 0. The van der Waals surface area contributed by atoms with E-state index in [0.717, 1.165) is 24.3 Å². The molecule has 0 radical (unpaired) electrons. The first-order chi connectivity index (χ1) is 17.3. The molecule has 3 nitrogen and oxygen atoms in total. The normalized spacial score (nSPS) is 36.1. The van der Waals surface area contributed by atoms with Crippen LogP contribution in [0, 0.1) is 23.2 Å². The van der Waals surface area contributed by atoms with Crippen molar-refractivity contribution in [3.8, 4) is 0 Å². The molecule has 0 heterocycles. The summed E-state index contributed by atoms with van der Waals surface area (Å²) in [6, 6.07) is 0. The lowest BCUT2D eigenvalue weighted by Gasteiger charge is -2.48. The Labute approximate surface area is 236 Å². The third-order valence-electron chi connectivity index (χ3n) is 11.1. The lowest BCUT2D eigenvalue weighted by atomic mass is 9.60. The van der Waals surface area contributed by atoms with E-state index in [-0.39, 0.29) is 5.04 Å². The van der Waals surface area contributed by atoms with E-state index >= 15 is 0 Å². The van der Waals surface area contributed by atoms with Gasteiger partial charge < -0.3 is 14.6 Å². The number of rotatable bonds is 8. The summed E-state index contributed by atoms with van der Waals surface area (Å²) in [6.45, 7) is 27.0. The van der Waals surface area contributed by atoms with Crippen LogP contribution in [-0.2, 0) is 4.43 Å². The van der Waals surface area contributed by atoms with Gasteiger partial charge in [0.1, 0.15) is 0 Å². The molecular formula is C34H60O3Si. The van der Waals surface area contributed by atoms with Crippen LogP contribution < -0.4 is 0 Å². The van der Waals surface area contributed by atoms with Crippen LogP contribution in [0.3, 0.4) is 0 Å². The molecule has 38 heavy (non-hydrogen) atoms. The Morgan fingerprint density at radius 1 is 1.13 bits per heavy atom. The highest BCUT2D eigenvalue weighted by molar-refractivity contribution is 6.74. The highest BCUT2D eigenvalue weighted by Crippen LogP contribution is 2.60. The van der Waals surface area contributed by atoms with E-state index in [0.29, 0.717) is 30.1 Å². The fourth-order valence-electron chi connectivity index (χ4n) is 7.83. The van der Waals surface area contributed by atoms with Crippen molar-refractivity contribution in [1.29, 1.82) is 0 Å². The van der Waals surface area contributed by atoms with Crippen LogP contribution in [0.25, 0.3) is 0 Å². The van der Waals surface area contributed by atoms with E-state index in [2.05, 4.69) is 73.4 Å². The van der Waals surface area contributed by atoms with Crippen LogP contribution in [0.2, 0.25) is 18.1 Å². The number of aliphatic hydroxyl groups is 2. The minimum absolute atomic E-state index is 0.113. The third kappa shape index (κ3) is 6.96. The van der Waals surface area contributed by atoms with E-state index in [1.165, 1.54) is 44.1 Å². The standard InChI is InChI=1S/C34H60O3Si/c1-24(14-12-20-32(6,7)36)29-18-19-30-26(15-13-21-33(29,30)8)16-17-27-22-28(35)23-34(9,25(27)2)37-38(10,11)31(3,4)5/h16-17,24,28-30,35-36H,2,12-15,18-23H2,1,3-11H3/t24-,28-,29?,30?,33+,34+/m0/s1. The van der Waals surface area contributed by atoms with Crippen molar-refractivity contribution in [2.24, 2.45) is 23.2 Å². The number of aliphatic hydroxyl groups excluding tert-OH is 1. The predicted octanol–water partition coefficient (Wildman–Crippen LogP) is 9.12. The minimum Gasteiger partial charge on any atom is -0.408 e. The Hall–Kier alpha value is -0.683. The maximum absolute atomic E-state index is 10.9. The largest absolute Gasteiger partial charge is 0.408 e. The molecule has 0 aliphatic heterocycles. The Kier molecular flexibility index (Phi) is 9.47. The monoisotopic (exact) mass is 544 g/mol. The van der Waals surface area contributed by atoms with Crippen molar-refractivity contribution in [2.45, 2.75) is 155 Å². The summed E-state index contributed by atoms with van der Waals surface area (Å²) in [7, 11) is -2.02. The number of allylic oxidation sites excluding steroid dienone is 3. The molecule has 2 N–H and O–H groups in total. The van der Waals surface area contributed by atoms with Gasteiger partial charge in [0.15, 0.2) is 8.32 Å². The maximum Gasteiger partial charge on any atom is 0.193 e. The van der Waals surface area contributed by atoms with Gasteiger partial charge in [0.25, 0.3) is 0 Å². The molecule has 218 valence electrons. The summed E-state index contributed by atoms with van der Waals surface area (Å²) in [5.74, 6) is 2.12. The molecule has 2 unspecified atom stereocenters. The second-order valence-electron chi connectivity index (χ2n) is 15.8. The SMILES string of the molecule is C=C1C(=CC=C2CCC[C@@]3(C)C2CCC3[C@@H](C)CCCC(C)(C)O)C[C@H](O)C[C@@]1(C)O[Si](C)(C)C(C)(C)C. The molecule has 0 saturated heterocycles. The van der Waals surface area contributed by atoms with E-state index < -0.39 is 25.6 Å². The lowest BCUT2D eigenvalue weighted by Crippen LogP contribution is -2.52. The Bertz CT molecular complexity index is 917. The first-order valence-electron chi connectivity index (χ1n) is 15.5. The fourth-order valence-corrected chi connectivity index (χ4v) is 9.47. The molecule has 0 aromatic rings. The summed E-state index contributed by atoms with van der Waals surface area (Å²) in [4.78, 5) is 0. The highest BCUT2D eigenvalue weighted by Gasteiger charge is 2.51. The van der Waals surface area contributed by atoms with Gasteiger partial charge in [0.05, 0.1) is 17.3 Å². The molecule has 0 aromatic heterocycles. The van der Waals surface area contributed by atoms with E-state index in [4.69, 9.17) is 4.43 Å². The molecule has 4 heteroatoms. The molecule has 0 amide bonds. The van der Waals surface area contributed by atoms with Gasteiger partial charge in [0, 0.05) is 6.42 Å². The van der Waals surface area contributed by atoms with Crippen LogP contribution in [0.1, 0.15) is 120 Å². The van der Waals surface area contributed by atoms with Gasteiger partial charge in [-0.1, -0.05) is 71.8 Å². The van der Waals surface area contributed by atoms with Gasteiger partial charge in [-0.15, -0.1) is 0 Å². The molecule has 3 aliphatic rings. The van der Waals surface area contributed by atoms with E-state index in [9.17, 15) is 10.2 Å². The topological polar surface area (TPSA) is 49.7 Å². The van der Waals surface area contributed by atoms with Crippen molar-refractivity contribution >= 4 is 8.32 Å². The van der Waals surface area contributed by atoms with Crippen molar-refractivity contribution in [3.63, 3.8) is 0 Å². The quantitative estimate of drug-likeness (QED) is 0.300. The highest BCUT2D eigenvalue weighted by atomic mass is 28.4. The molecule has 3 rings (SSSR count). The van der Waals surface area contributed by atoms with E-state index in [1.807, 2.05) is 13.8 Å². The van der Waals surface area contributed by atoms with Crippen LogP contribution in [0.5, 0.6) is 0 Å². The van der Waals surface area contributed by atoms with Gasteiger partial charge in [-0.25, -0.2) is 0 Å². The zero-order valence-electron chi connectivity index (χ0n) is 26.5. The van der Waals surface area contributed by atoms with Crippen molar-refractivity contribution in [2.75, 3.05) is 0 Å². The molecule has 0 bridgehead atoms. The van der Waals surface area contributed by atoms with Gasteiger partial charge in [0.2, 0.25) is 0 Å². The van der Waals surface area contributed by atoms with Gasteiger partial charge >= 0.3 is 0 Å². The smallest absolute Gasteiger partial charge is 0.193 e. The number of hydrogen-bond acceptors (Lipinski definition) is 3. The predicted molar refractivity (Wildman–Crippen MR) is 165 cm³/mol. The summed E-state index contributed by atoms with van der Waals surface area (Å²) in [5.41, 5.74) is 3.14. The second-order valence-corrected chi connectivity index (χ2v) is 20.6. The first-order valence-corrected chi connectivity index (χ1v) is 18.4. The summed E-state index contributed by atoms with van der Waals surface area (Å²) in [5, 5.41) is 21.2. The number of fused-ring (bicyclic) bond motifs is 1. The van der Waals surface area contributed by atoms with Crippen LogP contribution in [-0.4, -0.2) is 35.8 Å². The Balaban J connectivity index is 1.78. The molecule has 6 atom stereocenters. The molecule has 3 saturated carbocycles. The molecular weight excluding hydrogens is 484 g/mol. The minimum atomic E-state index is -2.02. The molecule has 3 fully saturated rings. The van der Waals surface area contributed by atoms with Crippen molar-refractivity contribution in [3.05, 3.63) is 35.5 Å². The van der Waals surface area contributed by atoms with E-state index in [1.54, 1.807) is 5.57 Å². The third-order valence-corrected chi connectivity index (χ3v) is 15.6. The molecule has 0 spiro atoms. The Morgan fingerprint density at radius 3 is 2.39 bits per heavy atom. The van der Waals surface area contributed by atoms with Gasteiger partial charge in [-0.3, -0.25) is 0 Å². The lowest BCUT2D eigenvalue weighted by molar-refractivity contribution is 0.0288. The zero-order chi connectivity index (χ0) is 28.7. The van der Waals surface area contributed by atoms with Crippen LogP contribution in [0.15, 0.2) is 35.5 Å². The Morgan fingerprint density at radius 2 is 1.79 bits per heavy atom. The molecule has 0 aromatic carbocycles. The number of hydrogen-bond donors (Lipinski definition) is 2. The first kappa shape index (κ1) is 31.8. The van der Waals surface area contributed by atoms with Crippen LogP contribution in [0.4, 0.5) is 0 Å². The maximum atomic E-state index is 10.9. The fraction of sp³-hybridized carbons (Fsp3) is 0.824. The van der Waals surface area contributed by atoms with Gasteiger partial charge in [-0.05, 0) is 118 Å². The second kappa shape index (κ2) is 11.3. The summed E-state index contributed by atoms with van der Waals surface area (Å²) < 4.78 is 6.92. The van der Waals surface area contributed by atoms with Gasteiger partial charge in [-0.2, -0.15) is 0 Å². The average molecular weight is 545 g/mol. The summed E-state index contributed by atoms with van der Waals surface area (Å²) in [6.07, 6.45) is 15.2.